The fourth-order valence-electron chi connectivity index (χ4n) is 1.57. The molecule has 0 amide bonds. The molecule has 0 aliphatic carbocycles. The van der Waals surface area contributed by atoms with Gasteiger partial charge in [-0.2, -0.15) is 0 Å². The second-order valence-corrected chi connectivity index (χ2v) is 4.25. The number of hydrogen-bond acceptors (Lipinski definition) is 3. The van der Waals surface area contributed by atoms with Crippen LogP contribution in [0.1, 0.15) is 25.8 Å². The molecule has 0 atom stereocenters. The molecule has 3 N–H and O–H groups in total. The van der Waals surface area contributed by atoms with Crippen LogP contribution >= 0.6 is 0 Å². The number of hydrogen-bond donors (Lipinski definition) is 3. The van der Waals surface area contributed by atoms with Gasteiger partial charge in [-0.1, -0.05) is 19.9 Å². The molecule has 0 saturated carbocycles. The molecule has 88 valence electrons. The standard InChI is InChI=1S/C11H13FO4/c1-11(2,5-8(13)14)6-3-4-7(12)10(16)9(6)15/h3-4,15-16H,5H2,1-2H3,(H,13,14). The van der Waals surface area contributed by atoms with Crippen molar-refractivity contribution in [1.82, 2.24) is 0 Å². The molecule has 0 aromatic heterocycles. The van der Waals surface area contributed by atoms with Crippen LogP contribution < -0.4 is 0 Å². The van der Waals surface area contributed by atoms with Gasteiger partial charge < -0.3 is 15.3 Å². The maximum atomic E-state index is 12.9. The fourth-order valence-corrected chi connectivity index (χ4v) is 1.57. The summed E-state index contributed by atoms with van der Waals surface area (Å²) in [5.41, 5.74) is -0.685. The van der Waals surface area contributed by atoms with E-state index < -0.39 is 28.7 Å². The van der Waals surface area contributed by atoms with Crippen molar-refractivity contribution in [2.24, 2.45) is 0 Å². The van der Waals surface area contributed by atoms with E-state index in [9.17, 15) is 19.4 Å². The lowest BCUT2D eigenvalue weighted by Gasteiger charge is -2.24. The second-order valence-electron chi connectivity index (χ2n) is 4.25. The topological polar surface area (TPSA) is 77.8 Å². The first-order chi connectivity index (χ1) is 7.25. The molecule has 1 aromatic rings. The highest BCUT2D eigenvalue weighted by Crippen LogP contribution is 2.40. The molecule has 0 saturated heterocycles. The van der Waals surface area contributed by atoms with Gasteiger partial charge >= 0.3 is 5.97 Å². The van der Waals surface area contributed by atoms with Gasteiger partial charge in [0.2, 0.25) is 0 Å². The van der Waals surface area contributed by atoms with E-state index >= 15 is 0 Å². The van der Waals surface area contributed by atoms with E-state index in [0.717, 1.165) is 6.07 Å². The smallest absolute Gasteiger partial charge is 0.304 e. The van der Waals surface area contributed by atoms with Crippen LogP contribution in [0.25, 0.3) is 0 Å². The number of carboxylic acid groups (broad SMARTS) is 1. The predicted molar refractivity (Wildman–Crippen MR) is 55.0 cm³/mol. The lowest BCUT2D eigenvalue weighted by Crippen LogP contribution is -2.21. The van der Waals surface area contributed by atoms with Gasteiger partial charge in [-0.25, -0.2) is 4.39 Å². The first-order valence-corrected chi connectivity index (χ1v) is 4.68. The molecule has 0 aliphatic heterocycles. The van der Waals surface area contributed by atoms with E-state index in [1.54, 1.807) is 13.8 Å². The van der Waals surface area contributed by atoms with Crippen molar-refractivity contribution in [3.8, 4) is 11.5 Å². The summed E-state index contributed by atoms with van der Waals surface area (Å²) in [4.78, 5) is 10.6. The van der Waals surface area contributed by atoms with Gasteiger partial charge in [0.05, 0.1) is 6.42 Å². The van der Waals surface area contributed by atoms with Gasteiger partial charge in [0.1, 0.15) is 0 Å². The largest absolute Gasteiger partial charge is 0.504 e. The zero-order valence-electron chi connectivity index (χ0n) is 8.99. The van der Waals surface area contributed by atoms with Gasteiger partial charge in [0.15, 0.2) is 17.3 Å². The lowest BCUT2D eigenvalue weighted by molar-refractivity contribution is -0.138. The van der Waals surface area contributed by atoms with E-state index in [1.807, 2.05) is 0 Å². The van der Waals surface area contributed by atoms with Crippen LogP contribution in [-0.4, -0.2) is 21.3 Å². The van der Waals surface area contributed by atoms with Gasteiger partial charge in [-0.3, -0.25) is 4.79 Å². The molecule has 0 radical (unpaired) electrons. The van der Waals surface area contributed by atoms with Gasteiger partial charge in [-0.05, 0) is 6.07 Å². The summed E-state index contributed by atoms with van der Waals surface area (Å²) in [5, 5.41) is 27.5. The highest BCUT2D eigenvalue weighted by atomic mass is 19.1. The Morgan fingerprint density at radius 1 is 1.31 bits per heavy atom. The Morgan fingerprint density at radius 2 is 1.88 bits per heavy atom. The molecule has 0 bridgehead atoms. The number of carbonyl (C=O) groups is 1. The molecule has 0 spiro atoms. The molecular weight excluding hydrogens is 215 g/mol. The highest BCUT2D eigenvalue weighted by Gasteiger charge is 2.29. The van der Waals surface area contributed by atoms with Crippen LogP contribution in [-0.2, 0) is 10.2 Å². The minimum absolute atomic E-state index is 0.203. The van der Waals surface area contributed by atoms with E-state index in [2.05, 4.69) is 0 Å². The van der Waals surface area contributed by atoms with Crippen LogP contribution in [0.2, 0.25) is 0 Å². The Hall–Kier alpha value is -1.78. The van der Waals surface area contributed by atoms with Crippen molar-refractivity contribution in [2.75, 3.05) is 0 Å². The van der Waals surface area contributed by atoms with Crippen molar-refractivity contribution in [3.05, 3.63) is 23.5 Å². The average molecular weight is 228 g/mol. The maximum Gasteiger partial charge on any atom is 0.304 e. The third-order valence-corrected chi connectivity index (χ3v) is 2.42. The number of benzene rings is 1. The van der Waals surface area contributed by atoms with Gasteiger partial charge in [0.25, 0.3) is 0 Å². The first-order valence-electron chi connectivity index (χ1n) is 4.68. The molecule has 0 fully saturated rings. The predicted octanol–water partition coefficient (Wildman–Crippen LogP) is 1.99. The summed E-state index contributed by atoms with van der Waals surface area (Å²) in [6.07, 6.45) is -0.231. The summed E-state index contributed by atoms with van der Waals surface area (Å²) < 4.78 is 12.9. The zero-order chi connectivity index (χ0) is 12.5. The Morgan fingerprint density at radius 3 is 2.38 bits per heavy atom. The van der Waals surface area contributed by atoms with Crippen LogP contribution in [0.15, 0.2) is 12.1 Å². The van der Waals surface area contributed by atoms with Crippen LogP contribution in [0, 0.1) is 5.82 Å². The SMILES string of the molecule is CC(C)(CC(=O)O)c1ccc(F)c(O)c1O. The fraction of sp³-hybridized carbons (Fsp3) is 0.364. The molecule has 4 nitrogen and oxygen atoms in total. The van der Waals surface area contributed by atoms with Crippen molar-refractivity contribution in [2.45, 2.75) is 25.7 Å². The number of carboxylic acids is 1. The summed E-state index contributed by atoms with van der Waals surface area (Å²) in [6.45, 7) is 3.18. The number of aromatic hydroxyl groups is 2. The van der Waals surface area contributed by atoms with Crippen LogP contribution in [0.3, 0.4) is 0 Å². The molecular formula is C11H13FO4. The minimum atomic E-state index is -1.03. The molecule has 0 heterocycles. The molecule has 0 unspecified atom stereocenters. The number of aliphatic carboxylic acids is 1. The second kappa shape index (κ2) is 4.00. The lowest BCUT2D eigenvalue weighted by atomic mass is 9.81. The van der Waals surface area contributed by atoms with E-state index in [0.29, 0.717) is 0 Å². The van der Waals surface area contributed by atoms with Gasteiger partial charge in [-0.15, -0.1) is 0 Å². The summed E-state index contributed by atoms with van der Waals surface area (Å²) in [7, 11) is 0. The maximum absolute atomic E-state index is 12.9. The molecule has 1 rings (SSSR count). The first kappa shape index (κ1) is 12.3. The van der Waals surface area contributed by atoms with Crippen molar-refractivity contribution in [1.29, 1.82) is 0 Å². The van der Waals surface area contributed by atoms with E-state index in [4.69, 9.17) is 5.11 Å². The number of phenolic OH excluding ortho intramolecular Hbond substituents is 2. The average Bonchev–Trinajstić information content (AvgIpc) is 2.11. The van der Waals surface area contributed by atoms with Crippen molar-refractivity contribution < 1.29 is 24.5 Å². The van der Waals surface area contributed by atoms with Gasteiger partial charge in [0, 0.05) is 11.0 Å². The Bertz CT molecular complexity index is 426. The summed E-state index contributed by atoms with van der Waals surface area (Å²) in [5.74, 6) is -3.43. The minimum Gasteiger partial charge on any atom is -0.504 e. The molecule has 1 aromatic carbocycles. The van der Waals surface area contributed by atoms with Crippen LogP contribution in [0.5, 0.6) is 11.5 Å². The Kier molecular flexibility index (Phi) is 3.07. The van der Waals surface area contributed by atoms with E-state index in [-0.39, 0.29) is 12.0 Å². The van der Waals surface area contributed by atoms with Crippen molar-refractivity contribution in [3.63, 3.8) is 0 Å². The summed E-state index contributed by atoms with van der Waals surface area (Å²) >= 11 is 0. The Labute approximate surface area is 92.0 Å². The third kappa shape index (κ3) is 2.24. The normalized spacial score (nSPS) is 11.4. The monoisotopic (exact) mass is 228 g/mol. The third-order valence-electron chi connectivity index (χ3n) is 2.42. The Balaban J connectivity index is 3.23. The van der Waals surface area contributed by atoms with Crippen LogP contribution in [0.4, 0.5) is 4.39 Å². The van der Waals surface area contributed by atoms with E-state index in [1.165, 1.54) is 6.07 Å². The number of rotatable bonds is 3. The number of halogens is 1. The quantitative estimate of drug-likeness (QED) is 0.691. The number of phenols is 2. The molecule has 0 aliphatic rings. The summed E-state index contributed by atoms with van der Waals surface area (Å²) in [6, 6.07) is 2.27. The zero-order valence-corrected chi connectivity index (χ0v) is 8.99. The van der Waals surface area contributed by atoms with Crippen molar-refractivity contribution >= 4 is 5.97 Å². The highest BCUT2D eigenvalue weighted by molar-refractivity contribution is 5.69. The molecule has 5 heteroatoms. The molecule has 16 heavy (non-hydrogen) atoms.